The Labute approximate surface area is 124 Å². The molecule has 0 aliphatic heterocycles. The lowest BCUT2D eigenvalue weighted by atomic mass is 10.1. The fourth-order valence-electron chi connectivity index (χ4n) is 2.18. The van der Waals surface area contributed by atoms with Crippen LogP contribution in [-0.4, -0.2) is 6.04 Å². The molecule has 0 spiro atoms. The molecular formula is C17H20FNS. The summed E-state index contributed by atoms with van der Waals surface area (Å²) in [6, 6.07) is 13.6. The third kappa shape index (κ3) is 4.09. The minimum absolute atomic E-state index is 0.0371. The van der Waals surface area contributed by atoms with E-state index in [0.29, 0.717) is 6.42 Å². The maximum atomic E-state index is 14.0. The van der Waals surface area contributed by atoms with E-state index >= 15 is 0 Å². The zero-order chi connectivity index (χ0) is 14.5. The highest BCUT2D eigenvalue weighted by atomic mass is 32.2. The van der Waals surface area contributed by atoms with Crippen LogP contribution in [0.15, 0.2) is 47.4 Å². The summed E-state index contributed by atoms with van der Waals surface area (Å²) in [6.07, 6.45) is 0.702. The third-order valence-corrected chi connectivity index (χ3v) is 4.28. The van der Waals surface area contributed by atoms with Crippen molar-refractivity contribution in [2.45, 2.75) is 37.0 Å². The number of benzene rings is 2. The number of hydrogen-bond acceptors (Lipinski definition) is 2. The van der Waals surface area contributed by atoms with Crippen molar-refractivity contribution in [1.82, 2.24) is 0 Å². The molecule has 1 unspecified atom stereocenters. The van der Waals surface area contributed by atoms with Gasteiger partial charge in [-0.3, -0.25) is 0 Å². The van der Waals surface area contributed by atoms with Gasteiger partial charge < -0.3 is 5.73 Å². The highest BCUT2D eigenvalue weighted by Gasteiger charge is 2.10. The number of thioether (sulfide) groups is 1. The largest absolute Gasteiger partial charge is 0.328 e. The van der Waals surface area contributed by atoms with E-state index in [-0.39, 0.29) is 11.9 Å². The maximum Gasteiger partial charge on any atom is 0.137 e. The Morgan fingerprint density at radius 1 is 1.20 bits per heavy atom. The van der Waals surface area contributed by atoms with E-state index < -0.39 is 0 Å². The first-order valence-corrected chi connectivity index (χ1v) is 7.76. The van der Waals surface area contributed by atoms with Crippen LogP contribution in [0, 0.1) is 12.7 Å². The Balaban J connectivity index is 2.16. The van der Waals surface area contributed by atoms with Crippen molar-refractivity contribution in [2.75, 3.05) is 0 Å². The van der Waals surface area contributed by atoms with Gasteiger partial charge in [0.25, 0.3) is 0 Å². The predicted molar refractivity (Wildman–Crippen MR) is 84.5 cm³/mol. The van der Waals surface area contributed by atoms with Crippen LogP contribution < -0.4 is 5.73 Å². The zero-order valence-electron chi connectivity index (χ0n) is 11.9. The fraction of sp³-hybridized carbons (Fsp3) is 0.294. The summed E-state index contributed by atoms with van der Waals surface area (Å²) in [5.74, 6) is 0.620. The van der Waals surface area contributed by atoms with Crippen molar-refractivity contribution in [3.8, 4) is 0 Å². The normalized spacial score (nSPS) is 12.4. The zero-order valence-corrected chi connectivity index (χ0v) is 12.7. The summed E-state index contributed by atoms with van der Waals surface area (Å²) < 4.78 is 14.0. The molecular weight excluding hydrogens is 269 g/mol. The summed E-state index contributed by atoms with van der Waals surface area (Å²) in [4.78, 5) is 0.728. The Morgan fingerprint density at radius 3 is 2.65 bits per heavy atom. The molecule has 2 rings (SSSR count). The van der Waals surface area contributed by atoms with Crippen molar-refractivity contribution in [2.24, 2.45) is 5.73 Å². The second-order valence-electron chi connectivity index (χ2n) is 5.19. The average molecular weight is 289 g/mol. The van der Waals surface area contributed by atoms with Gasteiger partial charge in [0.15, 0.2) is 0 Å². The van der Waals surface area contributed by atoms with Crippen molar-refractivity contribution in [1.29, 1.82) is 0 Å². The van der Waals surface area contributed by atoms with Crippen LogP contribution in [0.1, 0.15) is 23.6 Å². The number of aryl methyl sites for hydroxylation is 1. The molecule has 3 heteroatoms. The topological polar surface area (TPSA) is 26.0 Å². The highest BCUT2D eigenvalue weighted by molar-refractivity contribution is 7.98. The summed E-state index contributed by atoms with van der Waals surface area (Å²) in [7, 11) is 0. The van der Waals surface area contributed by atoms with Gasteiger partial charge in [0.1, 0.15) is 5.82 Å². The summed E-state index contributed by atoms with van der Waals surface area (Å²) in [5.41, 5.74) is 9.28. The van der Waals surface area contributed by atoms with Crippen LogP contribution in [0.25, 0.3) is 0 Å². The molecule has 2 N–H and O–H groups in total. The SMILES string of the molecule is Cc1cccc(CSc2c(F)cccc2CC(C)N)c1. The van der Waals surface area contributed by atoms with Gasteiger partial charge in [0.05, 0.1) is 0 Å². The second-order valence-corrected chi connectivity index (χ2v) is 6.17. The molecule has 106 valence electrons. The lowest BCUT2D eigenvalue weighted by Crippen LogP contribution is -2.18. The first-order valence-electron chi connectivity index (χ1n) is 6.77. The van der Waals surface area contributed by atoms with Crippen LogP contribution in [0.4, 0.5) is 4.39 Å². The molecule has 0 amide bonds. The summed E-state index contributed by atoms with van der Waals surface area (Å²) >= 11 is 1.55. The number of hydrogen-bond donors (Lipinski definition) is 1. The van der Waals surface area contributed by atoms with Crippen molar-refractivity contribution < 1.29 is 4.39 Å². The molecule has 1 atom stereocenters. The lowest BCUT2D eigenvalue weighted by Gasteiger charge is -2.12. The Kier molecular flexibility index (Phi) is 5.21. The molecule has 20 heavy (non-hydrogen) atoms. The number of nitrogens with two attached hydrogens (primary N) is 1. The smallest absolute Gasteiger partial charge is 0.137 e. The number of rotatable bonds is 5. The number of halogens is 1. The lowest BCUT2D eigenvalue weighted by molar-refractivity contribution is 0.592. The van der Waals surface area contributed by atoms with Crippen molar-refractivity contribution in [3.63, 3.8) is 0 Å². The molecule has 2 aromatic carbocycles. The molecule has 0 aromatic heterocycles. The van der Waals surface area contributed by atoms with Crippen LogP contribution in [0.5, 0.6) is 0 Å². The van der Waals surface area contributed by atoms with E-state index in [1.165, 1.54) is 17.2 Å². The minimum atomic E-state index is -0.152. The molecule has 0 aliphatic carbocycles. The van der Waals surface area contributed by atoms with E-state index in [4.69, 9.17) is 5.73 Å². The van der Waals surface area contributed by atoms with Crippen LogP contribution in [-0.2, 0) is 12.2 Å². The molecule has 0 saturated heterocycles. The van der Waals surface area contributed by atoms with Crippen LogP contribution >= 0.6 is 11.8 Å². The van der Waals surface area contributed by atoms with Gasteiger partial charge in [-0.15, -0.1) is 11.8 Å². The van der Waals surface area contributed by atoms with Gasteiger partial charge in [0, 0.05) is 16.7 Å². The summed E-state index contributed by atoms with van der Waals surface area (Å²) in [5, 5.41) is 0. The molecule has 2 aromatic rings. The van der Waals surface area contributed by atoms with Gasteiger partial charge in [-0.25, -0.2) is 4.39 Å². The van der Waals surface area contributed by atoms with E-state index in [2.05, 4.69) is 25.1 Å². The van der Waals surface area contributed by atoms with Gasteiger partial charge in [0.2, 0.25) is 0 Å². The van der Waals surface area contributed by atoms with E-state index in [1.54, 1.807) is 17.8 Å². The summed E-state index contributed by atoms with van der Waals surface area (Å²) in [6.45, 7) is 4.01. The standard InChI is InChI=1S/C17H20FNS/c1-12-5-3-6-14(9-12)11-20-17-15(10-13(2)19)7-4-8-16(17)18/h3-9,13H,10-11,19H2,1-2H3. The molecule has 0 bridgehead atoms. The first kappa shape index (κ1) is 15.1. The first-order chi connectivity index (χ1) is 9.56. The Morgan fingerprint density at radius 2 is 1.95 bits per heavy atom. The second kappa shape index (κ2) is 6.91. The predicted octanol–water partition coefficient (Wildman–Crippen LogP) is 4.32. The molecule has 1 nitrogen and oxygen atoms in total. The van der Waals surface area contributed by atoms with E-state index in [0.717, 1.165) is 16.2 Å². The fourth-order valence-corrected chi connectivity index (χ4v) is 3.21. The van der Waals surface area contributed by atoms with Crippen LogP contribution in [0.2, 0.25) is 0 Å². The molecule has 0 fully saturated rings. The van der Waals surface area contributed by atoms with Gasteiger partial charge in [-0.1, -0.05) is 42.0 Å². The molecule has 0 aliphatic rings. The van der Waals surface area contributed by atoms with Gasteiger partial charge in [-0.2, -0.15) is 0 Å². The van der Waals surface area contributed by atoms with Gasteiger partial charge in [-0.05, 0) is 37.5 Å². The Hall–Kier alpha value is -1.32. The average Bonchev–Trinajstić information content (AvgIpc) is 2.37. The quantitative estimate of drug-likeness (QED) is 0.830. The van der Waals surface area contributed by atoms with Crippen molar-refractivity contribution >= 4 is 11.8 Å². The third-order valence-electron chi connectivity index (χ3n) is 3.06. The molecule has 0 heterocycles. The van der Waals surface area contributed by atoms with Gasteiger partial charge >= 0.3 is 0 Å². The van der Waals surface area contributed by atoms with E-state index in [1.807, 2.05) is 19.1 Å². The Bertz CT molecular complexity index is 581. The minimum Gasteiger partial charge on any atom is -0.328 e. The molecule has 0 radical (unpaired) electrons. The van der Waals surface area contributed by atoms with E-state index in [9.17, 15) is 4.39 Å². The van der Waals surface area contributed by atoms with Crippen LogP contribution in [0.3, 0.4) is 0 Å². The molecule has 0 saturated carbocycles. The van der Waals surface area contributed by atoms with Crippen molar-refractivity contribution in [3.05, 3.63) is 65.0 Å². The monoisotopic (exact) mass is 289 g/mol. The highest BCUT2D eigenvalue weighted by Crippen LogP contribution is 2.30. The maximum absolute atomic E-state index is 14.0.